The number of carbonyl (C=O) groups is 2. The van der Waals surface area contributed by atoms with Gasteiger partial charge in [0, 0.05) is 69.2 Å². The van der Waals surface area contributed by atoms with Gasteiger partial charge in [-0.2, -0.15) is 13.2 Å². The van der Waals surface area contributed by atoms with Gasteiger partial charge in [0.15, 0.2) is 0 Å². The molecule has 2 N–H and O–H groups in total. The Hall–Kier alpha value is -3.87. The number of hydrogen-bond acceptors (Lipinski definition) is 5. The second-order valence-corrected chi connectivity index (χ2v) is 11.6. The molecule has 2 saturated heterocycles. The highest BCUT2D eigenvalue weighted by Gasteiger charge is 2.36. The first-order valence-electron chi connectivity index (χ1n) is 14.5. The van der Waals surface area contributed by atoms with Crippen LogP contribution in [0.2, 0.25) is 0 Å². The van der Waals surface area contributed by atoms with Gasteiger partial charge in [-0.25, -0.2) is 9.18 Å². The van der Waals surface area contributed by atoms with Crippen molar-refractivity contribution >= 4 is 28.9 Å². The molecule has 3 aliphatic rings. The fourth-order valence-corrected chi connectivity index (χ4v) is 6.05. The summed E-state index contributed by atoms with van der Waals surface area (Å²) in [6.45, 7) is 7.18. The molecule has 13 heteroatoms. The molecule has 0 spiro atoms. The number of rotatable bonds is 4. The maximum atomic E-state index is 15.8. The Morgan fingerprint density at radius 2 is 1.67 bits per heavy atom. The number of amides is 3. The normalized spacial score (nSPS) is 21.7. The van der Waals surface area contributed by atoms with Gasteiger partial charge in [0.05, 0.1) is 22.5 Å². The minimum Gasteiger partial charge on any atom is -0.367 e. The van der Waals surface area contributed by atoms with Crippen LogP contribution in [0.4, 0.5) is 33.7 Å². The van der Waals surface area contributed by atoms with Gasteiger partial charge in [-0.05, 0) is 57.9 Å². The molecule has 3 amide bonds. The molecular formula is C30H36F4N6O3. The Balaban J connectivity index is 1.50. The highest BCUT2D eigenvalue weighted by atomic mass is 19.4. The smallest absolute Gasteiger partial charge is 0.367 e. The first-order chi connectivity index (χ1) is 20.3. The summed E-state index contributed by atoms with van der Waals surface area (Å²) in [5, 5.41) is 2.59. The molecule has 3 aliphatic heterocycles. The lowest BCUT2D eigenvalue weighted by atomic mass is 9.97. The lowest BCUT2D eigenvalue weighted by Gasteiger charge is -2.44. The van der Waals surface area contributed by atoms with Crippen molar-refractivity contribution in [2.24, 2.45) is 0 Å². The van der Waals surface area contributed by atoms with Crippen molar-refractivity contribution in [3.63, 3.8) is 0 Å². The van der Waals surface area contributed by atoms with Crippen molar-refractivity contribution < 1.29 is 27.2 Å². The van der Waals surface area contributed by atoms with E-state index in [1.807, 2.05) is 30.7 Å². The van der Waals surface area contributed by atoms with Crippen molar-refractivity contribution in [3.05, 3.63) is 63.3 Å². The molecular weight excluding hydrogens is 568 g/mol. The summed E-state index contributed by atoms with van der Waals surface area (Å²) < 4.78 is 57.0. The van der Waals surface area contributed by atoms with Crippen LogP contribution in [-0.4, -0.2) is 90.0 Å². The van der Waals surface area contributed by atoms with E-state index in [0.717, 1.165) is 32.1 Å². The zero-order chi connectivity index (χ0) is 31.1. The molecule has 2 atom stereocenters. The van der Waals surface area contributed by atoms with Crippen LogP contribution in [0, 0.1) is 5.82 Å². The van der Waals surface area contributed by atoms with Crippen LogP contribution < -0.4 is 15.8 Å². The summed E-state index contributed by atoms with van der Waals surface area (Å²) >= 11 is 0. The predicted octanol–water partition coefficient (Wildman–Crippen LogP) is 4.62. The Labute approximate surface area is 247 Å². The molecule has 0 radical (unpaired) electrons. The van der Waals surface area contributed by atoms with E-state index in [2.05, 4.69) is 15.2 Å². The van der Waals surface area contributed by atoms with Crippen LogP contribution >= 0.6 is 0 Å². The first kappa shape index (κ1) is 30.6. The Morgan fingerprint density at radius 1 is 1.00 bits per heavy atom. The zero-order valence-corrected chi connectivity index (χ0v) is 24.4. The minimum absolute atomic E-state index is 0.0451. The van der Waals surface area contributed by atoms with Crippen LogP contribution in [0.1, 0.15) is 54.6 Å². The summed E-state index contributed by atoms with van der Waals surface area (Å²) in [5.41, 5.74) is -1.75. The standard InChI is InChI=1S/C30H36F4N6O3/c1-18-16-40(17-19(2)37(18)3)26-14-24(31)21(20-6-10-39(11-7-20)29(43)38-8-4-5-9-38)12-25(26)36-28(42)22-15-35-27(41)13-23(22)30(32,33)34/h6,12-15,18-19H,4-5,7-11,16-17H2,1-3H3,(H,35,41)(H,36,42)/t18-,19+. The number of carbonyl (C=O) groups excluding carboxylic acids is 2. The summed E-state index contributed by atoms with van der Waals surface area (Å²) in [6.07, 6.45) is -0.0946. The molecule has 5 rings (SSSR count). The maximum Gasteiger partial charge on any atom is 0.417 e. The summed E-state index contributed by atoms with van der Waals surface area (Å²) in [6, 6.07) is 3.25. The van der Waals surface area contributed by atoms with Gasteiger partial charge in [0.25, 0.3) is 5.91 Å². The zero-order valence-electron chi connectivity index (χ0n) is 24.4. The van der Waals surface area contributed by atoms with Crippen LogP contribution in [0.5, 0.6) is 0 Å². The quantitative estimate of drug-likeness (QED) is 0.498. The lowest BCUT2D eigenvalue weighted by molar-refractivity contribution is -0.138. The predicted molar refractivity (Wildman–Crippen MR) is 156 cm³/mol. The number of alkyl halides is 3. The lowest BCUT2D eigenvalue weighted by Crippen LogP contribution is -2.55. The largest absolute Gasteiger partial charge is 0.417 e. The highest BCUT2D eigenvalue weighted by molar-refractivity contribution is 6.07. The average Bonchev–Trinajstić information content (AvgIpc) is 3.51. The number of nitrogens with one attached hydrogen (secondary N) is 2. The SMILES string of the molecule is C[C@@H]1CN(c2cc(F)c(C3=CCN(C(=O)N4CCCC4)CC3)cc2NC(=O)c2c[nH]c(=O)cc2C(F)(F)F)C[C@H](C)N1C. The first-order valence-corrected chi connectivity index (χ1v) is 14.5. The number of aromatic amines is 1. The van der Waals surface area contributed by atoms with E-state index in [1.54, 1.807) is 11.0 Å². The summed E-state index contributed by atoms with van der Waals surface area (Å²) in [4.78, 5) is 47.5. The number of anilines is 2. The van der Waals surface area contributed by atoms with Crippen molar-refractivity contribution in [1.29, 1.82) is 0 Å². The molecule has 0 bridgehead atoms. The van der Waals surface area contributed by atoms with Gasteiger partial charge in [0.2, 0.25) is 5.56 Å². The van der Waals surface area contributed by atoms with Crippen LogP contribution in [0.3, 0.4) is 0 Å². The number of piperazine rings is 1. The number of hydrogen-bond donors (Lipinski definition) is 2. The molecule has 0 unspecified atom stereocenters. The second kappa shape index (κ2) is 12.0. The number of nitrogens with zero attached hydrogens (tertiary/aromatic N) is 4. The van der Waals surface area contributed by atoms with E-state index in [4.69, 9.17) is 0 Å². The number of halogens is 4. The van der Waals surface area contributed by atoms with Crippen molar-refractivity contribution in [2.45, 2.75) is 51.4 Å². The molecule has 0 saturated carbocycles. The molecule has 0 aliphatic carbocycles. The Kier molecular flexibility index (Phi) is 8.55. The van der Waals surface area contributed by atoms with Gasteiger partial charge in [-0.1, -0.05) is 6.08 Å². The molecule has 1 aromatic carbocycles. The number of urea groups is 1. The minimum atomic E-state index is -4.94. The van der Waals surface area contributed by atoms with Crippen molar-refractivity contribution in [3.8, 4) is 0 Å². The number of aromatic nitrogens is 1. The average molecular weight is 605 g/mol. The number of benzene rings is 1. The molecule has 1 aromatic heterocycles. The number of likely N-dealkylation sites (N-methyl/N-ethyl adjacent to an activating group) is 1. The monoisotopic (exact) mass is 604 g/mol. The van der Waals surface area contributed by atoms with Crippen molar-refractivity contribution in [2.75, 3.05) is 56.5 Å². The Morgan fingerprint density at radius 3 is 2.28 bits per heavy atom. The fraction of sp³-hybridized carbons (Fsp3) is 0.500. The van der Waals surface area contributed by atoms with Gasteiger partial charge in [-0.15, -0.1) is 0 Å². The van der Waals surface area contributed by atoms with E-state index in [0.29, 0.717) is 49.9 Å². The van der Waals surface area contributed by atoms with E-state index in [9.17, 15) is 27.6 Å². The van der Waals surface area contributed by atoms with E-state index >= 15 is 4.39 Å². The Bertz CT molecular complexity index is 1470. The molecule has 232 valence electrons. The molecule has 9 nitrogen and oxygen atoms in total. The van der Waals surface area contributed by atoms with Gasteiger partial charge in [-0.3, -0.25) is 14.5 Å². The van der Waals surface area contributed by atoms with Gasteiger partial charge in [0.1, 0.15) is 5.82 Å². The fourth-order valence-electron chi connectivity index (χ4n) is 6.05. The second-order valence-electron chi connectivity index (χ2n) is 11.6. The van der Waals surface area contributed by atoms with Crippen LogP contribution in [0.25, 0.3) is 5.57 Å². The number of H-pyrrole nitrogens is 1. The molecule has 2 aromatic rings. The molecule has 2 fully saturated rings. The third-order valence-corrected chi connectivity index (χ3v) is 8.71. The highest BCUT2D eigenvalue weighted by Crippen LogP contribution is 2.37. The number of pyridine rings is 1. The van der Waals surface area contributed by atoms with E-state index in [1.165, 1.54) is 12.1 Å². The maximum absolute atomic E-state index is 15.8. The van der Waals surface area contributed by atoms with Crippen LogP contribution in [-0.2, 0) is 6.18 Å². The van der Waals surface area contributed by atoms with Gasteiger partial charge >= 0.3 is 12.2 Å². The molecule has 43 heavy (non-hydrogen) atoms. The van der Waals surface area contributed by atoms with Crippen LogP contribution in [0.15, 0.2) is 35.3 Å². The van der Waals surface area contributed by atoms with E-state index in [-0.39, 0.29) is 29.4 Å². The third kappa shape index (κ3) is 6.41. The third-order valence-electron chi connectivity index (χ3n) is 8.71. The summed E-state index contributed by atoms with van der Waals surface area (Å²) in [7, 11) is 1.99. The molecule has 4 heterocycles. The van der Waals surface area contributed by atoms with E-state index < -0.39 is 34.6 Å². The van der Waals surface area contributed by atoms with Gasteiger partial charge < -0.3 is 25.0 Å². The number of likely N-dealkylation sites (tertiary alicyclic amines) is 1. The topological polar surface area (TPSA) is 92.0 Å². The van der Waals surface area contributed by atoms with Crippen molar-refractivity contribution in [1.82, 2.24) is 19.7 Å². The summed E-state index contributed by atoms with van der Waals surface area (Å²) in [5.74, 6) is -1.62.